The van der Waals surface area contributed by atoms with Crippen LogP contribution in [0.15, 0.2) is 42.7 Å². The molecule has 0 bridgehead atoms. The van der Waals surface area contributed by atoms with Gasteiger partial charge in [-0.2, -0.15) is 0 Å². The van der Waals surface area contributed by atoms with E-state index in [1.54, 1.807) is 6.20 Å². The number of nitrogens with zero attached hydrogens (tertiary/aromatic N) is 1. The van der Waals surface area contributed by atoms with Gasteiger partial charge in [-0.25, -0.2) is 0 Å². The van der Waals surface area contributed by atoms with Crippen molar-refractivity contribution in [3.05, 3.63) is 48.3 Å². The summed E-state index contributed by atoms with van der Waals surface area (Å²) in [5.74, 6) is 0.835. The summed E-state index contributed by atoms with van der Waals surface area (Å²) in [6.45, 7) is 5.01. The second-order valence-corrected chi connectivity index (χ2v) is 5.35. The van der Waals surface area contributed by atoms with E-state index in [-0.39, 0.29) is 0 Å². The minimum Gasteiger partial charge on any atom is -0.492 e. The third-order valence-corrected chi connectivity index (χ3v) is 3.51. The van der Waals surface area contributed by atoms with Gasteiger partial charge < -0.3 is 10.1 Å². The molecule has 2 aromatic rings. The quantitative estimate of drug-likeness (QED) is 0.842. The lowest BCUT2D eigenvalue weighted by atomic mass is 10.0. The monoisotopic (exact) mass is 284 g/mol. The number of likely N-dealkylation sites (N-methyl/N-ethyl adjacent to an activating group) is 1. The molecule has 112 valence electrons. The highest BCUT2D eigenvalue weighted by Crippen LogP contribution is 2.23. The van der Waals surface area contributed by atoms with Gasteiger partial charge in [0.2, 0.25) is 0 Å². The van der Waals surface area contributed by atoms with Crippen LogP contribution in [0.25, 0.3) is 11.1 Å². The van der Waals surface area contributed by atoms with Crippen LogP contribution in [0.2, 0.25) is 0 Å². The largest absolute Gasteiger partial charge is 0.492 e. The summed E-state index contributed by atoms with van der Waals surface area (Å²) in [7, 11) is 1.99. The van der Waals surface area contributed by atoms with Crippen molar-refractivity contribution in [2.45, 2.75) is 32.7 Å². The predicted octanol–water partition coefficient (Wildman–Crippen LogP) is 3.69. The van der Waals surface area contributed by atoms with Crippen molar-refractivity contribution in [1.82, 2.24) is 10.3 Å². The fraction of sp³-hybridized carbons (Fsp3) is 0.389. The second kappa shape index (κ2) is 7.79. The van der Waals surface area contributed by atoms with Crippen LogP contribution < -0.4 is 10.1 Å². The molecule has 1 heterocycles. The Morgan fingerprint density at radius 2 is 1.90 bits per heavy atom. The molecule has 1 aromatic heterocycles. The number of nitrogens with one attached hydrogen (secondary N) is 1. The van der Waals surface area contributed by atoms with Crippen molar-refractivity contribution in [2.24, 2.45) is 0 Å². The number of hydrogen-bond acceptors (Lipinski definition) is 3. The topological polar surface area (TPSA) is 34.1 Å². The molecule has 1 atom stereocenters. The second-order valence-electron chi connectivity index (χ2n) is 5.35. The molecule has 21 heavy (non-hydrogen) atoms. The summed E-state index contributed by atoms with van der Waals surface area (Å²) in [5, 5.41) is 3.26. The number of benzene rings is 1. The summed E-state index contributed by atoms with van der Waals surface area (Å²) in [6.07, 6.45) is 5.68. The summed E-state index contributed by atoms with van der Waals surface area (Å²) >= 11 is 0. The highest BCUT2D eigenvalue weighted by atomic mass is 16.5. The third-order valence-electron chi connectivity index (χ3n) is 3.51. The summed E-state index contributed by atoms with van der Waals surface area (Å²) < 4.78 is 5.64. The van der Waals surface area contributed by atoms with Gasteiger partial charge in [0.05, 0.1) is 12.8 Å². The lowest BCUT2D eigenvalue weighted by Gasteiger charge is -2.11. The van der Waals surface area contributed by atoms with Gasteiger partial charge in [-0.3, -0.25) is 4.98 Å². The van der Waals surface area contributed by atoms with E-state index in [1.807, 2.05) is 19.3 Å². The lowest BCUT2D eigenvalue weighted by molar-refractivity contribution is 0.316. The van der Waals surface area contributed by atoms with Crippen molar-refractivity contribution in [3.8, 4) is 16.9 Å². The molecule has 0 aliphatic heterocycles. The van der Waals surface area contributed by atoms with Crippen molar-refractivity contribution < 1.29 is 4.74 Å². The summed E-state index contributed by atoms with van der Waals surface area (Å²) in [6, 6.07) is 11.2. The maximum Gasteiger partial charge on any atom is 0.138 e. The molecule has 0 saturated carbocycles. The lowest BCUT2D eigenvalue weighted by Crippen LogP contribution is -2.23. The number of hydrogen-bond donors (Lipinski definition) is 1. The average molecular weight is 284 g/mol. The molecule has 0 saturated heterocycles. The molecule has 0 aliphatic carbocycles. The Morgan fingerprint density at radius 3 is 2.57 bits per heavy atom. The highest BCUT2D eigenvalue weighted by molar-refractivity contribution is 5.64. The van der Waals surface area contributed by atoms with Crippen molar-refractivity contribution in [1.29, 1.82) is 0 Å². The molecule has 3 heteroatoms. The molecule has 1 N–H and O–H groups in total. The van der Waals surface area contributed by atoms with Crippen LogP contribution >= 0.6 is 0 Å². The van der Waals surface area contributed by atoms with Crippen molar-refractivity contribution in [2.75, 3.05) is 13.7 Å². The van der Waals surface area contributed by atoms with Gasteiger partial charge in [-0.1, -0.05) is 31.2 Å². The number of aromatic nitrogens is 1. The number of pyridine rings is 1. The zero-order chi connectivity index (χ0) is 15.1. The molecule has 0 amide bonds. The van der Waals surface area contributed by atoms with E-state index in [9.17, 15) is 0 Å². The van der Waals surface area contributed by atoms with Crippen molar-refractivity contribution >= 4 is 0 Å². The summed E-state index contributed by atoms with van der Waals surface area (Å²) in [4.78, 5) is 4.26. The van der Waals surface area contributed by atoms with E-state index >= 15 is 0 Å². The first kappa shape index (κ1) is 15.5. The Kier molecular flexibility index (Phi) is 5.76. The van der Waals surface area contributed by atoms with Gasteiger partial charge in [0, 0.05) is 17.8 Å². The van der Waals surface area contributed by atoms with E-state index in [2.05, 4.69) is 48.4 Å². The number of rotatable bonds is 7. The van der Waals surface area contributed by atoms with Crippen LogP contribution in [0.3, 0.4) is 0 Å². The molecular weight excluding hydrogens is 260 g/mol. The Labute approximate surface area is 127 Å². The van der Waals surface area contributed by atoms with Gasteiger partial charge >= 0.3 is 0 Å². The van der Waals surface area contributed by atoms with E-state index < -0.39 is 0 Å². The van der Waals surface area contributed by atoms with Gasteiger partial charge in [0.15, 0.2) is 0 Å². The van der Waals surface area contributed by atoms with E-state index in [0.717, 1.165) is 30.8 Å². The molecule has 1 unspecified atom stereocenters. The Morgan fingerprint density at radius 1 is 1.14 bits per heavy atom. The zero-order valence-corrected chi connectivity index (χ0v) is 13.1. The third kappa shape index (κ3) is 4.57. The highest BCUT2D eigenvalue weighted by Gasteiger charge is 2.03. The van der Waals surface area contributed by atoms with Crippen LogP contribution in [-0.4, -0.2) is 24.7 Å². The van der Waals surface area contributed by atoms with Gasteiger partial charge in [0.25, 0.3) is 0 Å². The molecule has 0 radical (unpaired) electrons. The van der Waals surface area contributed by atoms with E-state index in [4.69, 9.17) is 4.74 Å². The maximum absolute atomic E-state index is 5.64. The van der Waals surface area contributed by atoms with Crippen molar-refractivity contribution in [3.63, 3.8) is 0 Å². The van der Waals surface area contributed by atoms with Crippen LogP contribution in [-0.2, 0) is 6.42 Å². The van der Waals surface area contributed by atoms with E-state index in [1.165, 1.54) is 11.1 Å². The average Bonchev–Trinajstić information content (AvgIpc) is 2.53. The van der Waals surface area contributed by atoms with Gasteiger partial charge in [0.1, 0.15) is 5.75 Å². The maximum atomic E-state index is 5.64. The molecule has 0 fully saturated rings. The van der Waals surface area contributed by atoms with Crippen LogP contribution in [0.5, 0.6) is 5.75 Å². The van der Waals surface area contributed by atoms with E-state index in [0.29, 0.717) is 6.04 Å². The minimum absolute atomic E-state index is 0.489. The Hall–Kier alpha value is -1.87. The van der Waals surface area contributed by atoms with Gasteiger partial charge in [-0.05, 0) is 44.0 Å². The van der Waals surface area contributed by atoms with Crippen LogP contribution in [0, 0.1) is 0 Å². The zero-order valence-electron chi connectivity index (χ0n) is 13.1. The number of ether oxygens (including phenoxy) is 1. The first-order chi connectivity index (χ1) is 10.2. The minimum atomic E-state index is 0.489. The molecule has 0 aliphatic rings. The fourth-order valence-corrected chi connectivity index (χ4v) is 2.16. The SMILES string of the molecule is CCCOc1cncc(-c2ccc(CC(C)NC)cc2)c1. The Bertz CT molecular complexity index is 551. The molecular formula is C18H24N2O. The van der Waals surface area contributed by atoms with Crippen LogP contribution in [0.1, 0.15) is 25.8 Å². The molecule has 0 spiro atoms. The smallest absolute Gasteiger partial charge is 0.138 e. The Balaban J connectivity index is 2.11. The fourth-order valence-electron chi connectivity index (χ4n) is 2.16. The van der Waals surface area contributed by atoms with Crippen LogP contribution in [0.4, 0.5) is 0 Å². The first-order valence-corrected chi connectivity index (χ1v) is 7.57. The molecule has 3 nitrogen and oxygen atoms in total. The summed E-state index contributed by atoms with van der Waals surface area (Å²) in [5.41, 5.74) is 3.61. The van der Waals surface area contributed by atoms with Gasteiger partial charge in [-0.15, -0.1) is 0 Å². The normalized spacial score (nSPS) is 12.1. The first-order valence-electron chi connectivity index (χ1n) is 7.57. The molecule has 2 rings (SSSR count). The predicted molar refractivity (Wildman–Crippen MR) is 87.7 cm³/mol. The molecule has 1 aromatic carbocycles. The standard InChI is InChI=1S/C18H24N2O/c1-4-9-21-18-11-17(12-20-13-18)16-7-5-15(6-8-16)10-14(2)19-3/h5-8,11-14,19H,4,9-10H2,1-3H3.